The zero-order valence-corrected chi connectivity index (χ0v) is 16.6. The number of nitrogens with zero attached hydrogens (tertiary/aromatic N) is 3. The van der Waals surface area contributed by atoms with Crippen LogP contribution < -0.4 is 14.8 Å². The van der Waals surface area contributed by atoms with Gasteiger partial charge in [-0.2, -0.15) is 0 Å². The van der Waals surface area contributed by atoms with E-state index in [-0.39, 0.29) is 6.03 Å². The average Bonchev–Trinajstić information content (AvgIpc) is 3.18. The van der Waals surface area contributed by atoms with Crippen LogP contribution in [0.3, 0.4) is 0 Å². The maximum atomic E-state index is 12.6. The van der Waals surface area contributed by atoms with Crippen LogP contribution in [-0.2, 0) is 13.1 Å². The van der Waals surface area contributed by atoms with Crippen LogP contribution in [0.15, 0.2) is 48.8 Å². The summed E-state index contributed by atoms with van der Waals surface area (Å²) in [6.45, 7) is 5.70. The van der Waals surface area contributed by atoms with Gasteiger partial charge in [-0.25, -0.2) is 9.78 Å². The Morgan fingerprint density at radius 2 is 2.00 bits per heavy atom. The highest BCUT2D eigenvalue weighted by atomic mass is 16.6. The summed E-state index contributed by atoms with van der Waals surface area (Å²) >= 11 is 0. The Kier molecular flexibility index (Phi) is 5.84. The Labute approximate surface area is 170 Å². The van der Waals surface area contributed by atoms with Crippen LogP contribution in [0.1, 0.15) is 18.9 Å². The Bertz CT molecular complexity index is 985. The molecule has 0 saturated carbocycles. The van der Waals surface area contributed by atoms with Gasteiger partial charge in [-0.3, -0.25) is 0 Å². The van der Waals surface area contributed by atoms with Crippen LogP contribution in [0.25, 0.3) is 11.0 Å². The highest BCUT2D eigenvalue weighted by molar-refractivity contribution is 5.75. The SMILES string of the molecule is CCN(Cc1ccc2c(c1)OCCO2)C(=O)NCCCn1cnc2ccccc21. The summed E-state index contributed by atoms with van der Waals surface area (Å²) in [5.41, 5.74) is 3.14. The van der Waals surface area contributed by atoms with Crippen LogP contribution >= 0.6 is 0 Å². The number of urea groups is 1. The fraction of sp³-hybridized carbons (Fsp3) is 0.364. The third kappa shape index (κ3) is 4.45. The van der Waals surface area contributed by atoms with E-state index in [1.54, 1.807) is 4.90 Å². The number of aryl methyl sites for hydroxylation is 1. The van der Waals surface area contributed by atoms with Crippen LogP contribution in [0.2, 0.25) is 0 Å². The summed E-state index contributed by atoms with van der Waals surface area (Å²) < 4.78 is 13.3. The second-order valence-corrected chi connectivity index (χ2v) is 7.00. The molecule has 0 fully saturated rings. The fourth-order valence-electron chi connectivity index (χ4n) is 3.48. The Hall–Kier alpha value is -3.22. The zero-order valence-electron chi connectivity index (χ0n) is 16.6. The predicted molar refractivity (Wildman–Crippen MR) is 111 cm³/mol. The van der Waals surface area contributed by atoms with Crippen molar-refractivity contribution >= 4 is 17.1 Å². The first kappa shape index (κ1) is 19.1. The van der Waals surface area contributed by atoms with E-state index >= 15 is 0 Å². The van der Waals surface area contributed by atoms with Gasteiger partial charge in [-0.15, -0.1) is 0 Å². The lowest BCUT2D eigenvalue weighted by Gasteiger charge is -2.23. The van der Waals surface area contributed by atoms with Crippen LogP contribution in [0, 0.1) is 0 Å². The molecule has 2 heterocycles. The average molecular weight is 394 g/mol. The number of rotatable bonds is 7. The lowest BCUT2D eigenvalue weighted by molar-refractivity contribution is 0.171. The van der Waals surface area contributed by atoms with Crippen molar-refractivity contribution in [1.29, 1.82) is 0 Å². The van der Waals surface area contributed by atoms with Gasteiger partial charge in [0.05, 0.1) is 17.4 Å². The molecule has 1 aromatic heterocycles. The molecule has 0 saturated heterocycles. The van der Waals surface area contributed by atoms with E-state index in [2.05, 4.69) is 20.9 Å². The van der Waals surface area contributed by atoms with Gasteiger partial charge in [0.25, 0.3) is 0 Å². The smallest absolute Gasteiger partial charge is 0.317 e. The molecule has 1 aliphatic rings. The number of para-hydroxylation sites is 2. The minimum atomic E-state index is -0.0575. The number of imidazole rings is 1. The molecule has 7 nitrogen and oxygen atoms in total. The fourth-order valence-corrected chi connectivity index (χ4v) is 3.48. The molecule has 1 aliphatic heterocycles. The number of hydrogen-bond acceptors (Lipinski definition) is 4. The molecule has 2 aromatic carbocycles. The Balaban J connectivity index is 1.28. The van der Waals surface area contributed by atoms with Crippen molar-refractivity contribution in [3.8, 4) is 11.5 Å². The van der Waals surface area contributed by atoms with Crippen LogP contribution in [-0.4, -0.2) is 46.8 Å². The monoisotopic (exact) mass is 394 g/mol. The van der Waals surface area contributed by atoms with Crippen molar-refractivity contribution in [3.05, 3.63) is 54.4 Å². The van der Waals surface area contributed by atoms with E-state index in [9.17, 15) is 4.79 Å². The highest BCUT2D eigenvalue weighted by Crippen LogP contribution is 2.31. The number of ether oxygens (including phenoxy) is 2. The number of carbonyl (C=O) groups excluding carboxylic acids is 1. The predicted octanol–water partition coefficient (Wildman–Crippen LogP) is 3.43. The number of fused-ring (bicyclic) bond motifs is 2. The van der Waals surface area contributed by atoms with E-state index in [0.717, 1.165) is 41.1 Å². The topological polar surface area (TPSA) is 68.6 Å². The molecule has 0 spiro atoms. The number of carbonyl (C=O) groups is 1. The number of amides is 2. The van der Waals surface area contributed by atoms with Gasteiger partial charge in [-0.1, -0.05) is 18.2 Å². The lowest BCUT2D eigenvalue weighted by atomic mass is 10.2. The number of benzene rings is 2. The van der Waals surface area contributed by atoms with Crippen molar-refractivity contribution in [3.63, 3.8) is 0 Å². The van der Waals surface area contributed by atoms with E-state index in [1.807, 2.05) is 49.6 Å². The second-order valence-electron chi connectivity index (χ2n) is 7.00. The van der Waals surface area contributed by atoms with Crippen molar-refractivity contribution in [2.24, 2.45) is 0 Å². The van der Waals surface area contributed by atoms with Crippen molar-refractivity contribution in [2.75, 3.05) is 26.3 Å². The van der Waals surface area contributed by atoms with E-state index < -0.39 is 0 Å². The summed E-state index contributed by atoms with van der Waals surface area (Å²) in [6.07, 6.45) is 2.69. The van der Waals surface area contributed by atoms with Crippen molar-refractivity contribution in [1.82, 2.24) is 19.8 Å². The third-order valence-corrected chi connectivity index (χ3v) is 5.03. The number of nitrogens with one attached hydrogen (secondary N) is 1. The molecule has 2 amide bonds. The first-order valence-electron chi connectivity index (χ1n) is 10.1. The molecule has 0 radical (unpaired) electrons. The summed E-state index contributed by atoms with van der Waals surface area (Å²) in [5.74, 6) is 1.51. The number of hydrogen-bond donors (Lipinski definition) is 1. The Morgan fingerprint density at radius 3 is 2.86 bits per heavy atom. The van der Waals surface area contributed by atoms with E-state index in [0.29, 0.717) is 32.8 Å². The van der Waals surface area contributed by atoms with Gasteiger partial charge in [0.1, 0.15) is 13.2 Å². The molecule has 4 rings (SSSR count). The van der Waals surface area contributed by atoms with Gasteiger partial charge < -0.3 is 24.3 Å². The minimum Gasteiger partial charge on any atom is -0.486 e. The lowest BCUT2D eigenvalue weighted by Crippen LogP contribution is -2.40. The summed E-state index contributed by atoms with van der Waals surface area (Å²) in [4.78, 5) is 18.8. The third-order valence-electron chi connectivity index (χ3n) is 5.03. The van der Waals surface area contributed by atoms with Crippen LogP contribution in [0.5, 0.6) is 11.5 Å². The normalized spacial score (nSPS) is 12.7. The quantitative estimate of drug-likeness (QED) is 0.624. The van der Waals surface area contributed by atoms with Gasteiger partial charge in [0.15, 0.2) is 11.5 Å². The van der Waals surface area contributed by atoms with E-state index in [1.165, 1.54) is 0 Å². The molecule has 152 valence electrons. The van der Waals surface area contributed by atoms with Gasteiger partial charge in [-0.05, 0) is 43.2 Å². The molecule has 3 aromatic rings. The molecule has 0 unspecified atom stereocenters. The molecule has 29 heavy (non-hydrogen) atoms. The maximum Gasteiger partial charge on any atom is 0.317 e. The molecule has 0 aliphatic carbocycles. The largest absolute Gasteiger partial charge is 0.486 e. The second kappa shape index (κ2) is 8.86. The summed E-state index contributed by atoms with van der Waals surface area (Å²) in [7, 11) is 0. The first-order chi connectivity index (χ1) is 14.2. The standard InChI is InChI=1S/C22H26N4O3/c1-2-25(15-17-8-9-20-21(14-17)29-13-12-28-20)22(27)23-10-5-11-26-16-24-18-6-3-4-7-19(18)26/h3-4,6-9,14,16H,2,5,10-13,15H2,1H3,(H,23,27). The Morgan fingerprint density at radius 1 is 1.17 bits per heavy atom. The summed E-state index contributed by atoms with van der Waals surface area (Å²) in [5, 5.41) is 3.02. The molecule has 0 atom stereocenters. The number of aromatic nitrogens is 2. The molecule has 0 bridgehead atoms. The summed E-state index contributed by atoms with van der Waals surface area (Å²) in [6, 6.07) is 13.9. The van der Waals surface area contributed by atoms with Crippen molar-refractivity contribution in [2.45, 2.75) is 26.4 Å². The van der Waals surface area contributed by atoms with Gasteiger partial charge >= 0.3 is 6.03 Å². The molecular formula is C22H26N4O3. The van der Waals surface area contributed by atoms with E-state index in [4.69, 9.17) is 9.47 Å². The molecule has 1 N–H and O–H groups in total. The molecular weight excluding hydrogens is 368 g/mol. The van der Waals surface area contributed by atoms with Crippen LogP contribution in [0.4, 0.5) is 4.79 Å². The highest BCUT2D eigenvalue weighted by Gasteiger charge is 2.15. The first-order valence-corrected chi connectivity index (χ1v) is 10.1. The molecule has 7 heteroatoms. The zero-order chi connectivity index (χ0) is 20.1. The minimum absolute atomic E-state index is 0.0575. The maximum absolute atomic E-state index is 12.6. The van der Waals surface area contributed by atoms with Gasteiger partial charge in [0.2, 0.25) is 0 Å². The van der Waals surface area contributed by atoms with Crippen molar-refractivity contribution < 1.29 is 14.3 Å². The van der Waals surface area contributed by atoms with Gasteiger partial charge in [0, 0.05) is 26.2 Å².